The second-order valence-corrected chi connectivity index (χ2v) is 5.36. The molecule has 2 heterocycles. The molecule has 1 aromatic rings. The predicted molar refractivity (Wildman–Crippen MR) is 72.8 cm³/mol. The third kappa shape index (κ3) is 4.55. The molecule has 2 N–H and O–H groups in total. The zero-order chi connectivity index (χ0) is 14.4. The van der Waals surface area contributed by atoms with Gasteiger partial charge in [-0.3, -0.25) is 14.5 Å². The Hall–Kier alpha value is -1.51. The van der Waals surface area contributed by atoms with Crippen LogP contribution in [0.25, 0.3) is 0 Å². The van der Waals surface area contributed by atoms with E-state index in [9.17, 15) is 9.59 Å². The Morgan fingerprint density at radius 1 is 1.45 bits per heavy atom. The van der Waals surface area contributed by atoms with Crippen molar-refractivity contribution < 1.29 is 19.4 Å². The summed E-state index contributed by atoms with van der Waals surface area (Å²) in [5, 5.41) is 13.6. The molecule has 0 saturated carbocycles. The van der Waals surface area contributed by atoms with Crippen LogP contribution in [0, 0.1) is 0 Å². The number of carbonyl (C=O) groups is 2. The van der Waals surface area contributed by atoms with Crippen LogP contribution in [0.15, 0.2) is 5.38 Å². The maximum absolute atomic E-state index is 11.7. The molecule has 0 atom stereocenters. The van der Waals surface area contributed by atoms with Crippen molar-refractivity contribution >= 4 is 23.2 Å². The minimum Gasteiger partial charge on any atom is -0.481 e. The van der Waals surface area contributed by atoms with E-state index in [0.717, 1.165) is 37.9 Å². The first kappa shape index (κ1) is 14.9. The van der Waals surface area contributed by atoms with Gasteiger partial charge in [-0.15, -0.1) is 11.3 Å². The highest BCUT2D eigenvalue weighted by molar-refractivity contribution is 7.09. The van der Waals surface area contributed by atoms with Crippen LogP contribution in [0.3, 0.4) is 0 Å². The SMILES string of the molecule is O=C(O)CCNC(=O)c1csc(CN2CCOCC2)n1. The molecule has 2 rings (SSSR count). The Labute approximate surface area is 120 Å². The van der Waals surface area contributed by atoms with E-state index in [1.165, 1.54) is 11.3 Å². The first-order valence-electron chi connectivity index (χ1n) is 6.39. The Bertz CT molecular complexity index is 471. The third-order valence-electron chi connectivity index (χ3n) is 2.87. The van der Waals surface area contributed by atoms with E-state index < -0.39 is 5.97 Å². The van der Waals surface area contributed by atoms with Gasteiger partial charge < -0.3 is 15.2 Å². The lowest BCUT2D eigenvalue weighted by molar-refractivity contribution is -0.136. The van der Waals surface area contributed by atoms with E-state index in [-0.39, 0.29) is 18.9 Å². The van der Waals surface area contributed by atoms with Crippen LogP contribution >= 0.6 is 11.3 Å². The molecule has 0 unspecified atom stereocenters. The second kappa shape index (κ2) is 7.32. The minimum absolute atomic E-state index is 0.0868. The summed E-state index contributed by atoms with van der Waals surface area (Å²) in [5.74, 6) is -1.26. The fourth-order valence-corrected chi connectivity index (χ4v) is 2.63. The van der Waals surface area contributed by atoms with Crippen molar-refractivity contribution in [3.05, 3.63) is 16.1 Å². The quantitative estimate of drug-likeness (QED) is 0.778. The van der Waals surface area contributed by atoms with Gasteiger partial charge in [0.1, 0.15) is 10.7 Å². The Kier molecular flexibility index (Phi) is 5.45. The van der Waals surface area contributed by atoms with Gasteiger partial charge in [-0.05, 0) is 0 Å². The largest absolute Gasteiger partial charge is 0.481 e. The number of carbonyl (C=O) groups excluding carboxylic acids is 1. The van der Waals surface area contributed by atoms with Gasteiger partial charge in [-0.1, -0.05) is 0 Å². The second-order valence-electron chi connectivity index (χ2n) is 4.41. The number of carboxylic acid groups (broad SMARTS) is 1. The number of rotatable bonds is 6. The highest BCUT2D eigenvalue weighted by Crippen LogP contribution is 2.13. The van der Waals surface area contributed by atoms with Crippen molar-refractivity contribution in [3.63, 3.8) is 0 Å². The highest BCUT2D eigenvalue weighted by Gasteiger charge is 2.15. The molecule has 0 spiro atoms. The summed E-state index contributed by atoms with van der Waals surface area (Å²) in [6, 6.07) is 0. The van der Waals surface area contributed by atoms with Gasteiger partial charge in [0.2, 0.25) is 0 Å². The number of hydrogen-bond acceptors (Lipinski definition) is 6. The molecule has 20 heavy (non-hydrogen) atoms. The number of morpholine rings is 1. The zero-order valence-corrected chi connectivity index (χ0v) is 11.8. The van der Waals surface area contributed by atoms with Crippen molar-refractivity contribution in [1.29, 1.82) is 0 Å². The number of aromatic nitrogens is 1. The Morgan fingerprint density at radius 2 is 2.20 bits per heavy atom. The molecule has 1 aliphatic heterocycles. The number of carboxylic acids is 1. The van der Waals surface area contributed by atoms with Crippen LogP contribution < -0.4 is 5.32 Å². The van der Waals surface area contributed by atoms with E-state index in [1.807, 2.05) is 0 Å². The average Bonchev–Trinajstić information content (AvgIpc) is 2.88. The Morgan fingerprint density at radius 3 is 2.90 bits per heavy atom. The van der Waals surface area contributed by atoms with Crippen molar-refractivity contribution in [1.82, 2.24) is 15.2 Å². The van der Waals surface area contributed by atoms with Gasteiger partial charge in [0, 0.05) is 25.0 Å². The van der Waals surface area contributed by atoms with Crippen LogP contribution in [0.5, 0.6) is 0 Å². The molecule has 1 saturated heterocycles. The molecule has 1 fully saturated rings. The van der Waals surface area contributed by atoms with E-state index in [1.54, 1.807) is 5.38 Å². The summed E-state index contributed by atoms with van der Waals surface area (Å²) in [7, 11) is 0. The van der Waals surface area contributed by atoms with Crippen LogP contribution in [0.2, 0.25) is 0 Å². The Balaban J connectivity index is 1.81. The van der Waals surface area contributed by atoms with Crippen LogP contribution in [-0.4, -0.2) is 59.7 Å². The van der Waals surface area contributed by atoms with Gasteiger partial charge in [-0.2, -0.15) is 0 Å². The molecule has 110 valence electrons. The number of nitrogens with zero attached hydrogens (tertiary/aromatic N) is 2. The lowest BCUT2D eigenvalue weighted by Crippen LogP contribution is -2.35. The monoisotopic (exact) mass is 299 g/mol. The number of hydrogen-bond donors (Lipinski definition) is 2. The summed E-state index contributed by atoms with van der Waals surface area (Å²) in [5.41, 5.74) is 0.351. The normalized spacial score (nSPS) is 16.0. The molecule has 1 aliphatic rings. The lowest BCUT2D eigenvalue weighted by Gasteiger charge is -2.25. The number of amides is 1. The zero-order valence-electron chi connectivity index (χ0n) is 11.0. The van der Waals surface area contributed by atoms with Gasteiger partial charge in [-0.25, -0.2) is 4.98 Å². The first-order chi connectivity index (χ1) is 9.65. The summed E-state index contributed by atoms with van der Waals surface area (Å²) in [6.07, 6.45) is -0.0868. The smallest absolute Gasteiger partial charge is 0.305 e. The molecule has 0 aromatic carbocycles. The average molecular weight is 299 g/mol. The maximum atomic E-state index is 11.7. The van der Waals surface area contributed by atoms with E-state index >= 15 is 0 Å². The van der Waals surface area contributed by atoms with E-state index in [0.29, 0.717) is 5.69 Å². The molecule has 8 heteroatoms. The summed E-state index contributed by atoms with van der Waals surface area (Å²) in [4.78, 5) is 28.6. The van der Waals surface area contributed by atoms with Gasteiger partial charge in [0.05, 0.1) is 26.2 Å². The molecular formula is C12H17N3O4S. The molecule has 1 aromatic heterocycles. The van der Waals surface area contributed by atoms with Gasteiger partial charge >= 0.3 is 5.97 Å². The number of thiazole rings is 1. The van der Waals surface area contributed by atoms with Crippen LogP contribution in [0.1, 0.15) is 21.9 Å². The predicted octanol–water partition coefficient (Wildman–Crippen LogP) is 0.180. The minimum atomic E-state index is -0.934. The standard InChI is InChI=1S/C12H17N3O4S/c16-11(17)1-2-13-12(18)9-8-20-10(14-9)7-15-3-5-19-6-4-15/h8H,1-7H2,(H,13,18)(H,16,17). The molecule has 0 aliphatic carbocycles. The van der Waals surface area contributed by atoms with E-state index in [2.05, 4.69) is 15.2 Å². The molecule has 7 nitrogen and oxygen atoms in total. The van der Waals surface area contributed by atoms with Crippen molar-refractivity contribution in [2.24, 2.45) is 0 Å². The van der Waals surface area contributed by atoms with E-state index in [4.69, 9.17) is 9.84 Å². The number of aliphatic carboxylic acids is 1. The lowest BCUT2D eigenvalue weighted by atomic mass is 10.4. The van der Waals surface area contributed by atoms with Crippen LogP contribution in [0.4, 0.5) is 0 Å². The van der Waals surface area contributed by atoms with Crippen LogP contribution in [-0.2, 0) is 16.1 Å². The molecule has 1 amide bonds. The summed E-state index contributed by atoms with van der Waals surface area (Å²) < 4.78 is 5.27. The third-order valence-corrected chi connectivity index (χ3v) is 3.70. The molecule has 0 bridgehead atoms. The van der Waals surface area contributed by atoms with Crippen molar-refractivity contribution in [2.75, 3.05) is 32.8 Å². The van der Waals surface area contributed by atoms with Crippen molar-refractivity contribution in [3.8, 4) is 0 Å². The van der Waals surface area contributed by atoms with Gasteiger partial charge in [0.15, 0.2) is 0 Å². The topological polar surface area (TPSA) is 91.8 Å². The maximum Gasteiger partial charge on any atom is 0.305 e. The van der Waals surface area contributed by atoms with Gasteiger partial charge in [0.25, 0.3) is 5.91 Å². The molecule has 0 radical (unpaired) electrons. The number of ether oxygens (including phenoxy) is 1. The highest BCUT2D eigenvalue weighted by atomic mass is 32.1. The molecular weight excluding hydrogens is 282 g/mol. The van der Waals surface area contributed by atoms with Crippen molar-refractivity contribution in [2.45, 2.75) is 13.0 Å². The summed E-state index contributed by atoms with van der Waals surface area (Å²) >= 11 is 1.44. The summed E-state index contributed by atoms with van der Waals surface area (Å²) in [6.45, 7) is 4.04. The first-order valence-corrected chi connectivity index (χ1v) is 7.27. The fraction of sp³-hybridized carbons (Fsp3) is 0.583. The number of nitrogens with one attached hydrogen (secondary N) is 1. The fourth-order valence-electron chi connectivity index (χ4n) is 1.81.